The first-order valence-electron chi connectivity index (χ1n) is 6.75. The Morgan fingerprint density at radius 1 is 1.32 bits per heavy atom. The second kappa shape index (κ2) is 5.82. The van der Waals surface area contributed by atoms with Crippen LogP contribution in [0.4, 0.5) is 5.82 Å². The number of rotatable bonds is 5. The Labute approximate surface area is 114 Å². The second-order valence-corrected chi connectivity index (χ2v) is 4.74. The molecule has 0 fully saturated rings. The normalized spacial score (nSPS) is 12.4. The first-order chi connectivity index (χ1) is 9.13. The highest BCUT2D eigenvalue weighted by atomic mass is 15.2. The highest BCUT2D eigenvalue weighted by Crippen LogP contribution is 2.23. The third kappa shape index (κ3) is 3.10. The van der Waals surface area contributed by atoms with Gasteiger partial charge in [0.25, 0.3) is 0 Å². The van der Waals surface area contributed by atoms with E-state index in [9.17, 15) is 0 Å². The zero-order valence-corrected chi connectivity index (χ0v) is 12.0. The summed E-state index contributed by atoms with van der Waals surface area (Å²) in [6.45, 7) is 7.22. The maximum absolute atomic E-state index is 4.67. The fourth-order valence-electron chi connectivity index (χ4n) is 1.84. The van der Waals surface area contributed by atoms with Gasteiger partial charge >= 0.3 is 0 Å². The number of aryl methyl sites for hydroxylation is 1. The van der Waals surface area contributed by atoms with Gasteiger partial charge in [-0.05, 0) is 13.3 Å². The summed E-state index contributed by atoms with van der Waals surface area (Å²) >= 11 is 0. The molecule has 0 spiro atoms. The van der Waals surface area contributed by atoms with Crippen molar-refractivity contribution in [2.45, 2.75) is 33.1 Å². The topological polar surface area (TPSA) is 55.6 Å². The monoisotopic (exact) mass is 259 g/mol. The van der Waals surface area contributed by atoms with E-state index in [-0.39, 0.29) is 0 Å². The van der Waals surface area contributed by atoms with Gasteiger partial charge in [0.1, 0.15) is 11.6 Å². The summed E-state index contributed by atoms with van der Waals surface area (Å²) in [6, 6.07) is 1.98. The summed E-state index contributed by atoms with van der Waals surface area (Å²) in [5.74, 6) is 2.13. The predicted octanol–water partition coefficient (Wildman–Crippen LogP) is 2.82. The van der Waals surface area contributed by atoms with Crippen LogP contribution in [0.15, 0.2) is 18.5 Å². The summed E-state index contributed by atoms with van der Waals surface area (Å²) < 4.78 is 1.79. The van der Waals surface area contributed by atoms with Crippen molar-refractivity contribution < 1.29 is 0 Å². The van der Waals surface area contributed by atoms with Crippen molar-refractivity contribution in [1.82, 2.24) is 19.7 Å². The highest BCUT2D eigenvalue weighted by Gasteiger charge is 2.12. The minimum Gasteiger partial charge on any atom is -0.370 e. The van der Waals surface area contributed by atoms with Gasteiger partial charge in [-0.25, -0.2) is 9.97 Å². The molecule has 2 rings (SSSR count). The SMILES string of the molecule is CCNc1cc(-c2cnn(C)c2)nc(C(C)CC)n1. The van der Waals surface area contributed by atoms with Crippen molar-refractivity contribution in [2.24, 2.45) is 7.05 Å². The van der Waals surface area contributed by atoms with Crippen molar-refractivity contribution in [3.8, 4) is 11.3 Å². The molecule has 102 valence electrons. The number of nitrogens with zero attached hydrogens (tertiary/aromatic N) is 4. The quantitative estimate of drug-likeness (QED) is 0.897. The summed E-state index contributed by atoms with van der Waals surface area (Å²) in [6.07, 6.45) is 4.83. The van der Waals surface area contributed by atoms with Crippen LogP contribution in [0.2, 0.25) is 0 Å². The van der Waals surface area contributed by atoms with Crippen molar-refractivity contribution in [2.75, 3.05) is 11.9 Å². The van der Waals surface area contributed by atoms with E-state index in [1.807, 2.05) is 25.5 Å². The number of nitrogens with one attached hydrogen (secondary N) is 1. The predicted molar refractivity (Wildman–Crippen MR) is 77.1 cm³/mol. The van der Waals surface area contributed by atoms with Crippen molar-refractivity contribution in [3.05, 3.63) is 24.3 Å². The fourth-order valence-corrected chi connectivity index (χ4v) is 1.84. The largest absolute Gasteiger partial charge is 0.370 e. The summed E-state index contributed by atoms with van der Waals surface area (Å²) in [5, 5.41) is 7.46. The van der Waals surface area contributed by atoms with E-state index < -0.39 is 0 Å². The van der Waals surface area contributed by atoms with E-state index in [1.165, 1.54) is 0 Å². The molecule has 0 aliphatic rings. The number of aromatic nitrogens is 4. The van der Waals surface area contributed by atoms with Crippen molar-refractivity contribution >= 4 is 5.82 Å². The average molecular weight is 259 g/mol. The maximum Gasteiger partial charge on any atom is 0.134 e. The van der Waals surface area contributed by atoms with Crippen molar-refractivity contribution in [3.63, 3.8) is 0 Å². The molecular formula is C14H21N5. The van der Waals surface area contributed by atoms with E-state index >= 15 is 0 Å². The average Bonchev–Trinajstić information content (AvgIpc) is 2.84. The number of anilines is 1. The van der Waals surface area contributed by atoms with E-state index in [1.54, 1.807) is 4.68 Å². The van der Waals surface area contributed by atoms with Gasteiger partial charge in [0.05, 0.1) is 11.9 Å². The molecule has 5 nitrogen and oxygen atoms in total. The van der Waals surface area contributed by atoms with E-state index in [0.717, 1.165) is 35.9 Å². The Kier molecular flexibility index (Phi) is 4.14. The lowest BCUT2D eigenvalue weighted by atomic mass is 10.1. The van der Waals surface area contributed by atoms with Crippen LogP contribution in [0.3, 0.4) is 0 Å². The highest BCUT2D eigenvalue weighted by molar-refractivity contribution is 5.61. The molecule has 0 amide bonds. The Balaban J connectivity index is 2.44. The van der Waals surface area contributed by atoms with Gasteiger partial charge in [0.2, 0.25) is 0 Å². The molecule has 0 aliphatic carbocycles. The maximum atomic E-state index is 4.67. The molecule has 1 unspecified atom stereocenters. The number of hydrogen-bond acceptors (Lipinski definition) is 4. The van der Waals surface area contributed by atoms with Crippen LogP contribution < -0.4 is 5.32 Å². The van der Waals surface area contributed by atoms with Gasteiger partial charge in [-0.1, -0.05) is 13.8 Å². The van der Waals surface area contributed by atoms with Gasteiger partial charge in [0, 0.05) is 37.3 Å². The molecule has 2 heterocycles. The minimum atomic E-state index is 0.356. The zero-order valence-electron chi connectivity index (χ0n) is 12.0. The van der Waals surface area contributed by atoms with Crippen LogP contribution in [0.25, 0.3) is 11.3 Å². The third-order valence-electron chi connectivity index (χ3n) is 3.16. The second-order valence-electron chi connectivity index (χ2n) is 4.74. The molecule has 0 saturated carbocycles. The first kappa shape index (κ1) is 13.5. The molecule has 2 aromatic rings. The Bertz CT molecular complexity index is 547. The van der Waals surface area contributed by atoms with Crippen LogP contribution in [0.1, 0.15) is 38.9 Å². The summed E-state index contributed by atoms with van der Waals surface area (Å²) in [7, 11) is 1.91. The molecular weight excluding hydrogens is 238 g/mol. The zero-order chi connectivity index (χ0) is 13.8. The molecule has 0 bridgehead atoms. The van der Waals surface area contributed by atoms with Crippen LogP contribution in [-0.4, -0.2) is 26.3 Å². The van der Waals surface area contributed by atoms with Crippen LogP contribution in [-0.2, 0) is 7.05 Å². The van der Waals surface area contributed by atoms with Gasteiger partial charge in [-0.3, -0.25) is 4.68 Å². The summed E-state index contributed by atoms with van der Waals surface area (Å²) in [4.78, 5) is 9.24. The molecule has 1 N–H and O–H groups in total. The molecule has 0 radical (unpaired) electrons. The number of hydrogen-bond donors (Lipinski definition) is 1. The van der Waals surface area contributed by atoms with Gasteiger partial charge < -0.3 is 5.32 Å². The van der Waals surface area contributed by atoms with Gasteiger partial charge in [-0.2, -0.15) is 5.10 Å². The Morgan fingerprint density at radius 3 is 2.68 bits per heavy atom. The summed E-state index contributed by atoms with van der Waals surface area (Å²) in [5.41, 5.74) is 1.95. The molecule has 2 aromatic heterocycles. The lowest BCUT2D eigenvalue weighted by Crippen LogP contribution is -2.06. The Morgan fingerprint density at radius 2 is 2.11 bits per heavy atom. The van der Waals surface area contributed by atoms with E-state index in [4.69, 9.17) is 0 Å². The minimum absolute atomic E-state index is 0.356. The van der Waals surface area contributed by atoms with Crippen molar-refractivity contribution in [1.29, 1.82) is 0 Å². The van der Waals surface area contributed by atoms with Gasteiger partial charge in [-0.15, -0.1) is 0 Å². The van der Waals surface area contributed by atoms with Gasteiger partial charge in [0.15, 0.2) is 0 Å². The van der Waals surface area contributed by atoms with Crippen LogP contribution in [0, 0.1) is 0 Å². The fraction of sp³-hybridized carbons (Fsp3) is 0.500. The van der Waals surface area contributed by atoms with Crippen LogP contribution >= 0.6 is 0 Å². The molecule has 19 heavy (non-hydrogen) atoms. The molecule has 0 aromatic carbocycles. The molecule has 1 atom stereocenters. The lowest BCUT2D eigenvalue weighted by Gasteiger charge is -2.11. The smallest absolute Gasteiger partial charge is 0.134 e. The Hall–Kier alpha value is -1.91. The van der Waals surface area contributed by atoms with E-state index in [2.05, 4.69) is 41.2 Å². The lowest BCUT2D eigenvalue weighted by molar-refractivity contribution is 0.680. The van der Waals surface area contributed by atoms with Crippen LogP contribution in [0.5, 0.6) is 0 Å². The third-order valence-corrected chi connectivity index (χ3v) is 3.16. The first-order valence-corrected chi connectivity index (χ1v) is 6.75. The molecule has 0 aliphatic heterocycles. The molecule has 0 saturated heterocycles. The standard InChI is InChI=1S/C14H21N5/c1-5-10(3)14-17-12(7-13(18-14)15-6-2)11-8-16-19(4)9-11/h7-10H,5-6H2,1-4H3,(H,15,17,18). The molecule has 5 heteroatoms. The van der Waals surface area contributed by atoms with E-state index in [0.29, 0.717) is 5.92 Å².